The third kappa shape index (κ3) is 4.79. The summed E-state index contributed by atoms with van der Waals surface area (Å²) in [6, 6.07) is 4.78. The molecule has 0 atom stereocenters. The Labute approximate surface area is 156 Å². The van der Waals surface area contributed by atoms with E-state index in [1.165, 1.54) is 18.2 Å². The fraction of sp³-hybridized carbons (Fsp3) is 0.0714. The van der Waals surface area contributed by atoms with Gasteiger partial charge in [-0.1, -0.05) is 11.6 Å². The number of anilines is 1. The topological polar surface area (TPSA) is 159 Å². The van der Waals surface area contributed by atoms with Gasteiger partial charge in [0.15, 0.2) is 6.61 Å². The number of carbonyl (C=O) groups excluding carboxylic acids is 3. The van der Waals surface area contributed by atoms with Crippen LogP contribution in [-0.4, -0.2) is 32.8 Å². The Hall–Kier alpha value is -2.47. The molecule has 0 bridgehead atoms. The molecule has 9 nitrogen and oxygen atoms in total. The molecule has 0 aliphatic carbocycles. The van der Waals surface area contributed by atoms with Crippen LogP contribution in [0.1, 0.15) is 20.7 Å². The molecule has 26 heavy (non-hydrogen) atoms. The number of nitrogens with two attached hydrogens (primary N) is 2. The second kappa shape index (κ2) is 7.83. The van der Waals surface area contributed by atoms with Crippen molar-refractivity contribution in [3.05, 3.63) is 45.8 Å². The molecular weight excluding hydrogens is 406 g/mol. The predicted octanol–water partition coefficient (Wildman–Crippen LogP) is 0.943. The lowest BCUT2D eigenvalue weighted by Gasteiger charge is -2.08. The summed E-state index contributed by atoms with van der Waals surface area (Å²) >= 11 is 6.80. The Morgan fingerprint density at radius 2 is 1.92 bits per heavy atom. The van der Waals surface area contributed by atoms with Crippen LogP contribution in [0.3, 0.4) is 0 Å². The summed E-state index contributed by atoms with van der Waals surface area (Å²) in [6.07, 6.45) is 0. The van der Waals surface area contributed by atoms with E-state index in [9.17, 15) is 22.8 Å². The molecule has 0 saturated heterocycles. The molecule has 0 fully saturated rings. The van der Waals surface area contributed by atoms with Crippen molar-refractivity contribution in [2.75, 3.05) is 11.9 Å². The number of halogens is 1. The van der Waals surface area contributed by atoms with Crippen LogP contribution in [0.5, 0.6) is 0 Å². The minimum absolute atomic E-state index is 0.130. The number of carbonyl (C=O) groups is 3. The second-order valence-corrected chi connectivity index (χ2v) is 7.70. The average Bonchev–Trinajstić information content (AvgIpc) is 3.00. The predicted molar refractivity (Wildman–Crippen MR) is 94.6 cm³/mol. The number of primary sulfonamides is 1. The largest absolute Gasteiger partial charge is 0.452 e. The number of esters is 1. The van der Waals surface area contributed by atoms with Crippen LogP contribution in [0.2, 0.25) is 5.02 Å². The monoisotopic (exact) mass is 417 g/mol. The third-order valence-electron chi connectivity index (χ3n) is 2.99. The number of rotatable bonds is 6. The molecule has 12 heteroatoms. The summed E-state index contributed by atoms with van der Waals surface area (Å²) < 4.78 is 27.6. The molecule has 0 spiro atoms. The molecule has 2 aromatic rings. The van der Waals surface area contributed by atoms with Gasteiger partial charge in [0.25, 0.3) is 11.8 Å². The van der Waals surface area contributed by atoms with E-state index in [0.717, 1.165) is 17.4 Å². The number of benzene rings is 1. The molecule has 138 valence electrons. The SMILES string of the molecule is NC(=O)c1ccsc1NC(=O)COC(=O)c1ccc(Cl)c(S(N)(=O)=O)c1. The molecule has 1 aromatic carbocycles. The van der Waals surface area contributed by atoms with Crippen molar-refractivity contribution in [2.45, 2.75) is 4.90 Å². The van der Waals surface area contributed by atoms with Crippen molar-refractivity contribution in [1.29, 1.82) is 0 Å². The number of amides is 2. The highest BCUT2D eigenvalue weighted by Crippen LogP contribution is 2.23. The summed E-state index contributed by atoms with van der Waals surface area (Å²) in [5.41, 5.74) is 5.13. The Balaban J connectivity index is 2.03. The molecular formula is C14H12ClN3O6S2. The van der Waals surface area contributed by atoms with E-state index >= 15 is 0 Å². The molecule has 0 aliphatic rings. The van der Waals surface area contributed by atoms with Gasteiger partial charge in [-0.25, -0.2) is 18.4 Å². The molecule has 2 amide bonds. The van der Waals surface area contributed by atoms with Gasteiger partial charge in [0.1, 0.15) is 9.90 Å². The van der Waals surface area contributed by atoms with E-state index in [4.69, 9.17) is 27.2 Å². The van der Waals surface area contributed by atoms with Crippen molar-refractivity contribution in [3.63, 3.8) is 0 Å². The summed E-state index contributed by atoms with van der Waals surface area (Å²) in [5.74, 6) is -2.37. The van der Waals surface area contributed by atoms with Crippen molar-refractivity contribution in [1.82, 2.24) is 0 Å². The number of sulfonamides is 1. The summed E-state index contributed by atoms with van der Waals surface area (Å²) in [4.78, 5) is 34.5. The quantitative estimate of drug-likeness (QED) is 0.593. The van der Waals surface area contributed by atoms with E-state index in [2.05, 4.69) is 5.32 Å². The summed E-state index contributed by atoms with van der Waals surface area (Å²) in [6.45, 7) is -0.664. The molecule has 1 aromatic heterocycles. The number of ether oxygens (including phenoxy) is 1. The Bertz CT molecular complexity index is 986. The van der Waals surface area contributed by atoms with Gasteiger partial charge in [0, 0.05) is 0 Å². The van der Waals surface area contributed by atoms with Crippen molar-refractivity contribution in [3.8, 4) is 0 Å². The normalized spacial score (nSPS) is 11.0. The standard InChI is InChI=1S/C14H12ClN3O6S2/c15-9-2-1-7(5-10(9)26(17,22)23)14(21)24-6-11(19)18-13-8(12(16)20)3-4-25-13/h1-5H,6H2,(H2,16,20)(H,18,19)(H2,17,22,23). The van der Waals surface area contributed by atoms with Crippen molar-refractivity contribution < 1.29 is 27.5 Å². The first kappa shape index (κ1) is 19.8. The highest BCUT2D eigenvalue weighted by atomic mass is 35.5. The van der Waals surface area contributed by atoms with E-state index in [0.29, 0.717) is 0 Å². The summed E-state index contributed by atoms with van der Waals surface area (Å²) in [5, 5.41) is 9.02. The van der Waals surface area contributed by atoms with Crippen molar-refractivity contribution >= 4 is 55.7 Å². The van der Waals surface area contributed by atoms with Gasteiger partial charge in [-0.3, -0.25) is 9.59 Å². The molecule has 1 heterocycles. The van der Waals surface area contributed by atoms with Gasteiger partial charge >= 0.3 is 5.97 Å². The zero-order chi connectivity index (χ0) is 19.5. The smallest absolute Gasteiger partial charge is 0.338 e. The fourth-order valence-corrected chi connectivity index (χ4v) is 3.71. The first-order chi connectivity index (χ1) is 12.1. The molecule has 0 saturated carbocycles. The van der Waals surface area contributed by atoms with Crippen LogP contribution < -0.4 is 16.2 Å². The molecule has 0 radical (unpaired) electrons. The highest BCUT2D eigenvalue weighted by Gasteiger charge is 2.18. The number of hydrogen-bond donors (Lipinski definition) is 3. The van der Waals surface area contributed by atoms with Crippen LogP contribution in [0.25, 0.3) is 0 Å². The van der Waals surface area contributed by atoms with Crippen LogP contribution in [0.4, 0.5) is 5.00 Å². The number of primary amides is 1. The van der Waals surface area contributed by atoms with Gasteiger partial charge in [-0.05, 0) is 29.6 Å². The zero-order valence-electron chi connectivity index (χ0n) is 12.9. The van der Waals surface area contributed by atoms with Gasteiger partial charge in [-0.15, -0.1) is 11.3 Å². The van der Waals surface area contributed by atoms with Crippen molar-refractivity contribution in [2.24, 2.45) is 10.9 Å². The molecule has 0 unspecified atom stereocenters. The van der Waals surface area contributed by atoms with E-state index < -0.39 is 39.3 Å². The van der Waals surface area contributed by atoms with E-state index in [1.54, 1.807) is 5.38 Å². The lowest BCUT2D eigenvalue weighted by molar-refractivity contribution is -0.119. The molecule has 2 rings (SSSR count). The number of thiophene rings is 1. The minimum Gasteiger partial charge on any atom is -0.452 e. The third-order valence-corrected chi connectivity index (χ3v) is 5.21. The first-order valence-corrected chi connectivity index (χ1v) is 9.56. The number of hydrogen-bond acceptors (Lipinski definition) is 7. The lowest BCUT2D eigenvalue weighted by atomic mass is 10.2. The maximum absolute atomic E-state index is 12.0. The zero-order valence-corrected chi connectivity index (χ0v) is 15.3. The van der Waals surface area contributed by atoms with E-state index in [1.807, 2.05) is 0 Å². The van der Waals surface area contributed by atoms with Gasteiger partial charge < -0.3 is 15.8 Å². The first-order valence-electron chi connectivity index (χ1n) is 6.76. The van der Waals surface area contributed by atoms with Crippen LogP contribution in [0.15, 0.2) is 34.5 Å². The maximum atomic E-state index is 12.0. The van der Waals surface area contributed by atoms with Crippen LogP contribution in [-0.2, 0) is 19.6 Å². The van der Waals surface area contributed by atoms with Gasteiger partial charge in [0.05, 0.1) is 16.1 Å². The minimum atomic E-state index is -4.13. The van der Waals surface area contributed by atoms with E-state index in [-0.39, 0.29) is 21.2 Å². The summed E-state index contributed by atoms with van der Waals surface area (Å²) in [7, 11) is -4.13. The second-order valence-electron chi connectivity index (χ2n) is 4.84. The fourth-order valence-electron chi connectivity index (χ4n) is 1.83. The van der Waals surface area contributed by atoms with Crippen LogP contribution >= 0.6 is 22.9 Å². The maximum Gasteiger partial charge on any atom is 0.338 e. The molecule has 5 N–H and O–H groups in total. The van der Waals surface area contributed by atoms with Gasteiger partial charge in [-0.2, -0.15) is 0 Å². The Morgan fingerprint density at radius 1 is 1.23 bits per heavy atom. The average molecular weight is 418 g/mol. The molecule has 0 aliphatic heterocycles. The Morgan fingerprint density at radius 3 is 2.54 bits per heavy atom. The number of nitrogens with one attached hydrogen (secondary N) is 1. The lowest BCUT2D eigenvalue weighted by Crippen LogP contribution is -2.22. The highest BCUT2D eigenvalue weighted by molar-refractivity contribution is 7.89. The van der Waals surface area contributed by atoms with Crippen LogP contribution in [0, 0.1) is 0 Å². The Kier molecular flexibility index (Phi) is 5.97. The van der Waals surface area contributed by atoms with Gasteiger partial charge in [0.2, 0.25) is 10.0 Å².